The summed E-state index contributed by atoms with van der Waals surface area (Å²) in [5.74, 6) is 0.540. The first-order valence-electron chi connectivity index (χ1n) is 5.10. The highest BCUT2D eigenvalue weighted by atomic mass is 79.9. The molecule has 0 aliphatic heterocycles. The quantitative estimate of drug-likeness (QED) is 0.843. The largest absolute Gasteiger partial charge is 0.493 e. The lowest BCUT2D eigenvalue weighted by Gasteiger charge is -2.11. The minimum atomic E-state index is -4.13. The molecule has 0 radical (unpaired) electrons. The summed E-state index contributed by atoms with van der Waals surface area (Å²) < 4.78 is 41.8. The number of benzene rings is 1. The van der Waals surface area contributed by atoms with Gasteiger partial charge >= 0.3 is 6.18 Å². The Morgan fingerprint density at radius 2 is 2.00 bits per heavy atom. The molecule has 0 aliphatic rings. The van der Waals surface area contributed by atoms with E-state index < -0.39 is 12.6 Å². The van der Waals surface area contributed by atoms with Crippen molar-refractivity contribution in [2.45, 2.75) is 25.6 Å². The van der Waals surface area contributed by atoms with Crippen LogP contribution >= 0.6 is 15.9 Å². The highest BCUT2D eigenvalue weighted by molar-refractivity contribution is 9.10. The molecule has 0 atom stereocenters. The fraction of sp³-hybridized carbons (Fsp3) is 0.455. The molecule has 0 aromatic heterocycles. The van der Waals surface area contributed by atoms with Gasteiger partial charge in [-0.25, -0.2) is 0 Å². The third-order valence-corrected chi connectivity index (χ3v) is 2.60. The molecule has 1 aromatic rings. The highest BCUT2D eigenvalue weighted by Crippen LogP contribution is 2.24. The molecule has 0 heterocycles. The fourth-order valence-electron chi connectivity index (χ4n) is 1.30. The van der Waals surface area contributed by atoms with Gasteiger partial charge in [0.05, 0.1) is 6.61 Å². The van der Waals surface area contributed by atoms with Crippen LogP contribution in [0.25, 0.3) is 0 Å². The Morgan fingerprint density at radius 3 is 2.59 bits per heavy atom. The van der Waals surface area contributed by atoms with Gasteiger partial charge < -0.3 is 10.5 Å². The van der Waals surface area contributed by atoms with E-state index in [4.69, 9.17) is 10.5 Å². The van der Waals surface area contributed by atoms with Gasteiger partial charge in [0, 0.05) is 23.0 Å². The van der Waals surface area contributed by atoms with Crippen molar-refractivity contribution < 1.29 is 17.9 Å². The van der Waals surface area contributed by atoms with Gasteiger partial charge in [0.2, 0.25) is 0 Å². The molecule has 0 bridgehead atoms. The van der Waals surface area contributed by atoms with Crippen molar-refractivity contribution in [3.63, 3.8) is 0 Å². The predicted molar refractivity (Wildman–Crippen MR) is 62.8 cm³/mol. The first-order chi connectivity index (χ1) is 7.92. The molecule has 1 rings (SSSR count). The fourth-order valence-corrected chi connectivity index (χ4v) is 1.71. The Kier molecular flexibility index (Phi) is 5.27. The SMILES string of the molecule is NCc1cc(Br)ccc1OCCCC(F)(F)F. The second kappa shape index (κ2) is 6.26. The molecule has 0 amide bonds. The van der Waals surface area contributed by atoms with Gasteiger partial charge in [-0.15, -0.1) is 0 Å². The van der Waals surface area contributed by atoms with E-state index in [1.165, 1.54) is 0 Å². The van der Waals surface area contributed by atoms with Gasteiger partial charge in [-0.1, -0.05) is 15.9 Å². The van der Waals surface area contributed by atoms with Crippen LogP contribution in [0.3, 0.4) is 0 Å². The van der Waals surface area contributed by atoms with Crippen LogP contribution in [0.1, 0.15) is 18.4 Å². The van der Waals surface area contributed by atoms with Crippen LogP contribution in [0.4, 0.5) is 13.2 Å². The van der Waals surface area contributed by atoms with Gasteiger partial charge in [0.1, 0.15) is 5.75 Å². The monoisotopic (exact) mass is 311 g/mol. The molecule has 0 aliphatic carbocycles. The summed E-state index contributed by atoms with van der Waals surface area (Å²) in [6.07, 6.45) is -5.01. The minimum Gasteiger partial charge on any atom is -0.493 e. The number of hydrogen-bond acceptors (Lipinski definition) is 2. The molecule has 1 aromatic carbocycles. The lowest BCUT2D eigenvalue weighted by Crippen LogP contribution is -2.10. The molecule has 0 saturated carbocycles. The predicted octanol–water partition coefficient (Wildman–Crippen LogP) is 3.63. The van der Waals surface area contributed by atoms with Gasteiger partial charge in [-0.3, -0.25) is 0 Å². The highest BCUT2D eigenvalue weighted by Gasteiger charge is 2.26. The second-order valence-electron chi connectivity index (χ2n) is 3.52. The van der Waals surface area contributed by atoms with E-state index in [2.05, 4.69) is 15.9 Å². The zero-order valence-electron chi connectivity index (χ0n) is 9.06. The van der Waals surface area contributed by atoms with Crippen LogP contribution in [0.15, 0.2) is 22.7 Å². The first kappa shape index (κ1) is 14.3. The Morgan fingerprint density at radius 1 is 1.29 bits per heavy atom. The number of nitrogens with two attached hydrogens (primary N) is 1. The van der Waals surface area contributed by atoms with Crippen LogP contribution in [0.5, 0.6) is 5.75 Å². The number of halogens is 4. The molecule has 0 saturated heterocycles. The van der Waals surface area contributed by atoms with Crippen LogP contribution in [0.2, 0.25) is 0 Å². The van der Waals surface area contributed by atoms with Crippen LogP contribution in [0, 0.1) is 0 Å². The summed E-state index contributed by atoms with van der Waals surface area (Å²) in [6, 6.07) is 5.25. The molecule has 0 spiro atoms. The smallest absolute Gasteiger partial charge is 0.389 e. The van der Waals surface area contributed by atoms with Crippen molar-refractivity contribution in [1.82, 2.24) is 0 Å². The normalized spacial score (nSPS) is 11.6. The molecule has 17 heavy (non-hydrogen) atoms. The average molecular weight is 312 g/mol. The molecule has 2 N–H and O–H groups in total. The maximum absolute atomic E-state index is 11.9. The van der Waals surface area contributed by atoms with Crippen LogP contribution in [-0.2, 0) is 6.54 Å². The Hall–Kier alpha value is -0.750. The van der Waals surface area contributed by atoms with Gasteiger partial charge in [-0.2, -0.15) is 13.2 Å². The van der Waals surface area contributed by atoms with E-state index in [0.717, 1.165) is 10.0 Å². The van der Waals surface area contributed by atoms with Gasteiger partial charge in [0.15, 0.2) is 0 Å². The van der Waals surface area contributed by atoms with E-state index in [0.29, 0.717) is 5.75 Å². The maximum Gasteiger partial charge on any atom is 0.389 e. The standard InChI is InChI=1S/C11H13BrF3NO/c12-9-2-3-10(8(6-9)7-16)17-5-1-4-11(13,14)15/h2-3,6H,1,4-5,7,16H2. The zero-order chi connectivity index (χ0) is 12.9. The molecule has 0 fully saturated rings. The van der Waals surface area contributed by atoms with E-state index in [1.54, 1.807) is 18.2 Å². The summed E-state index contributed by atoms with van der Waals surface area (Å²) in [7, 11) is 0. The summed E-state index contributed by atoms with van der Waals surface area (Å²) in [5, 5.41) is 0. The average Bonchev–Trinajstić information content (AvgIpc) is 2.24. The first-order valence-corrected chi connectivity index (χ1v) is 5.90. The number of hydrogen-bond donors (Lipinski definition) is 1. The lowest BCUT2D eigenvalue weighted by atomic mass is 10.2. The number of ether oxygens (including phenoxy) is 1. The van der Waals surface area contributed by atoms with E-state index in [1.807, 2.05) is 0 Å². The summed E-state index contributed by atoms with van der Waals surface area (Å²) >= 11 is 3.29. The third-order valence-electron chi connectivity index (χ3n) is 2.10. The van der Waals surface area contributed by atoms with Crippen molar-refractivity contribution in [1.29, 1.82) is 0 Å². The topological polar surface area (TPSA) is 35.2 Å². The summed E-state index contributed by atoms with van der Waals surface area (Å²) in [4.78, 5) is 0. The summed E-state index contributed by atoms with van der Waals surface area (Å²) in [6.45, 7) is 0.322. The molecular formula is C11H13BrF3NO. The van der Waals surface area contributed by atoms with E-state index in [9.17, 15) is 13.2 Å². The van der Waals surface area contributed by atoms with E-state index >= 15 is 0 Å². The zero-order valence-corrected chi connectivity index (χ0v) is 10.6. The van der Waals surface area contributed by atoms with Crippen LogP contribution in [-0.4, -0.2) is 12.8 Å². The molecular weight excluding hydrogens is 299 g/mol. The second-order valence-corrected chi connectivity index (χ2v) is 4.44. The van der Waals surface area contributed by atoms with Gasteiger partial charge in [-0.05, 0) is 24.6 Å². The maximum atomic E-state index is 11.9. The Labute approximate surface area is 106 Å². The Balaban J connectivity index is 2.46. The minimum absolute atomic E-state index is 0.0359. The van der Waals surface area contributed by atoms with Crippen LogP contribution < -0.4 is 10.5 Å². The van der Waals surface area contributed by atoms with Gasteiger partial charge in [0.25, 0.3) is 0 Å². The molecule has 0 unspecified atom stereocenters. The lowest BCUT2D eigenvalue weighted by molar-refractivity contribution is -0.136. The van der Waals surface area contributed by atoms with Crippen molar-refractivity contribution >= 4 is 15.9 Å². The van der Waals surface area contributed by atoms with Crippen molar-refractivity contribution in [3.8, 4) is 5.75 Å². The molecule has 2 nitrogen and oxygen atoms in total. The molecule has 6 heteroatoms. The Bertz CT molecular complexity index is 368. The molecule has 96 valence electrons. The number of alkyl halides is 3. The third kappa shape index (κ3) is 5.41. The van der Waals surface area contributed by atoms with Crippen molar-refractivity contribution in [3.05, 3.63) is 28.2 Å². The van der Waals surface area contributed by atoms with Crippen molar-refractivity contribution in [2.24, 2.45) is 5.73 Å². The number of rotatable bonds is 5. The summed E-state index contributed by atoms with van der Waals surface area (Å²) in [5.41, 5.74) is 6.28. The van der Waals surface area contributed by atoms with Crippen molar-refractivity contribution in [2.75, 3.05) is 6.61 Å². The van der Waals surface area contributed by atoms with E-state index in [-0.39, 0.29) is 19.6 Å².